The Bertz CT molecular complexity index is 524. The third-order valence-electron chi connectivity index (χ3n) is 4.36. The van der Waals surface area contributed by atoms with Crippen LogP contribution in [0.1, 0.15) is 69.8 Å². The Morgan fingerprint density at radius 1 is 1.12 bits per heavy atom. The number of rotatable bonds is 12. The molecule has 0 fully saturated rings. The van der Waals surface area contributed by atoms with Crippen molar-refractivity contribution in [2.75, 3.05) is 6.26 Å². The van der Waals surface area contributed by atoms with Gasteiger partial charge >= 0.3 is 167 Å². The summed E-state index contributed by atoms with van der Waals surface area (Å²) in [5, 5.41) is 0.831. The first-order chi connectivity index (χ1) is 12.0. The molecule has 0 aromatic carbocycles. The van der Waals surface area contributed by atoms with Crippen LogP contribution in [0.15, 0.2) is 11.4 Å². The topological polar surface area (TPSA) is 52.1 Å². The molecule has 0 aliphatic rings. The first kappa shape index (κ1) is 23.0. The predicted octanol–water partition coefficient (Wildman–Crippen LogP) is 6.35. The summed E-state index contributed by atoms with van der Waals surface area (Å²) in [6.45, 7) is 6.60. The molecule has 0 spiro atoms. The monoisotopic (exact) mass is 494 g/mol. The molecule has 0 N–H and O–H groups in total. The fourth-order valence-electron chi connectivity index (χ4n) is 2.86. The average Bonchev–Trinajstić information content (AvgIpc) is 2.63. The van der Waals surface area contributed by atoms with Crippen molar-refractivity contribution in [3.05, 3.63) is 16.9 Å². The van der Waals surface area contributed by atoms with Crippen molar-refractivity contribution in [2.24, 2.45) is 0 Å². The molecule has 1 heterocycles. The number of thioether (sulfide) groups is 1. The number of aromatic nitrogens is 2. The van der Waals surface area contributed by atoms with E-state index in [1.807, 2.05) is 6.26 Å². The molecular weight excluding hydrogens is 462 g/mol. The van der Waals surface area contributed by atoms with Crippen molar-refractivity contribution in [3.8, 4) is 0 Å². The Balaban J connectivity index is 3.05. The second-order valence-electron chi connectivity index (χ2n) is 6.44. The molecule has 0 saturated heterocycles. The molecule has 25 heavy (non-hydrogen) atoms. The molecule has 0 radical (unpaired) electrons. The van der Waals surface area contributed by atoms with E-state index in [-0.39, 0.29) is 16.7 Å². The second kappa shape index (κ2) is 12.4. The Labute approximate surface area is 166 Å². The Morgan fingerprint density at radius 2 is 1.64 bits per heavy atom. The number of carbonyl (C=O) groups is 1. The summed E-state index contributed by atoms with van der Waals surface area (Å²) < 4.78 is 9.62. The predicted molar refractivity (Wildman–Crippen MR) is 109 cm³/mol. The number of unbranched alkanes of at least 4 members (excludes halogenated alkanes) is 3. The van der Waals surface area contributed by atoms with E-state index in [0.29, 0.717) is 5.16 Å². The fourth-order valence-corrected chi connectivity index (χ4v) is 16.3. The van der Waals surface area contributed by atoms with Gasteiger partial charge in [0.25, 0.3) is 0 Å². The van der Waals surface area contributed by atoms with Gasteiger partial charge in [0, 0.05) is 0 Å². The van der Waals surface area contributed by atoms with Crippen LogP contribution >= 0.6 is 23.4 Å². The van der Waals surface area contributed by atoms with Gasteiger partial charge in [-0.2, -0.15) is 0 Å². The third-order valence-corrected chi connectivity index (χ3v) is 17.8. The maximum absolute atomic E-state index is 12.9. The van der Waals surface area contributed by atoms with Gasteiger partial charge in [-0.25, -0.2) is 0 Å². The zero-order valence-electron chi connectivity index (χ0n) is 15.9. The number of halogens is 1. The minimum atomic E-state index is -3.01. The minimum absolute atomic E-state index is 0.228. The van der Waals surface area contributed by atoms with Gasteiger partial charge in [-0.3, -0.25) is 0 Å². The molecule has 0 atom stereocenters. The van der Waals surface area contributed by atoms with Gasteiger partial charge in [0.05, 0.1) is 0 Å². The summed E-state index contributed by atoms with van der Waals surface area (Å²) >= 11 is 4.56. The SMILES string of the molecule is CCC[CH2][Sn]([CH2]CCC)([CH2]CCC)[O]C(=O)c1nc(SC)ncc1Cl. The second-order valence-corrected chi connectivity index (χ2v) is 19.2. The molecule has 0 aliphatic carbocycles. The van der Waals surface area contributed by atoms with E-state index in [1.54, 1.807) is 0 Å². The van der Waals surface area contributed by atoms with Crippen LogP contribution in [-0.2, 0) is 3.07 Å². The molecule has 142 valence electrons. The van der Waals surface area contributed by atoms with Crippen molar-refractivity contribution < 1.29 is 7.87 Å². The van der Waals surface area contributed by atoms with Gasteiger partial charge in [0.15, 0.2) is 0 Å². The number of hydrogen-bond donors (Lipinski definition) is 0. The Morgan fingerprint density at radius 3 is 2.08 bits per heavy atom. The van der Waals surface area contributed by atoms with Crippen LogP contribution in [0.25, 0.3) is 0 Å². The maximum atomic E-state index is 12.9. The first-order valence-corrected chi connectivity index (χ1v) is 18.1. The quantitative estimate of drug-likeness (QED) is 0.193. The Hall–Kier alpha value is -0.0113. The van der Waals surface area contributed by atoms with Crippen LogP contribution in [0, 0.1) is 0 Å². The molecular formula is C18H31ClN2O2SSn. The van der Waals surface area contributed by atoms with Gasteiger partial charge in [-0.05, 0) is 0 Å². The van der Waals surface area contributed by atoms with Crippen LogP contribution in [0.3, 0.4) is 0 Å². The molecule has 0 amide bonds. The number of carbonyl (C=O) groups excluding carboxylic acids is 1. The van der Waals surface area contributed by atoms with E-state index in [9.17, 15) is 4.79 Å². The van der Waals surface area contributed by atoms with Crippen LogP contribution < -0.4 is 0 Å². The zero-order valence-corrected chi connectivity index (χ0v) is 20.4. The normalized spacial score (nSPS) is 11.6. The molecule has 0 saturated carbocycles. The van der Waals surface area contributed by atoms with E-state index >= 15 is 0 Å². The van der Waals surface area contributed by atoms with Gasteiger partial charge in [0.1, 0.15) is 0 Å². The van der Waals surface area contributed by atoms with Crippen LogP contribution in [0.2, 0.25) is 18.3 Å². The molecule has 1 aromatic heterocycles. The summed E-state index contributed by atoms with van der Waals surface area (Å²) in [5.74, 6) is -0.332. The van der Waals surface area contributed by atoms with Crippen molar-refractivity contribution in [3.63, 3.8) is 0 Å². The average molecular weight is 494 g/mol. The van der Waals surface area contributed by atoms with Crippen LogP contribution in [-0.4, -0.2) is 41.0 Å². The number of hydrogen-bond acceptors (Lipinski definition) is 5. The van der Waals surface area contributed by atoms with Crippen LogP contribution in [0.4, 0.5) is 0 Å². The summed E-state index contributed by atoms with van der Waals surface area (Å²) in [7, 11) is 0. The molecule has 7 heteroatoms. The summed E-state index contributed by atoms with van der Waals surface area (Å²) in [5.41, 5.74) is 0.228. The van der Waals surface area contributed by atoms with Gasteiger partial charge in [-0.1, -0.05) is 0 Å². The fraction of sp³-hybridized carbons (Fsp3) is 0.722. The van der Waals surface area contributed by atoms with Crippen molar-refractivity contribution in [2.45, 2.75) is 77.8 Å². The molecule has 0 aliphatic heterocycles. The van der Waals surface area contributed by atoms with E-state index in [0.717, 1.165) is 51.8 Å². The molecule has 1 rings (SSSR count). The van der Waals surface area contributed by atoms with Crippen molar-refractivity contribution in [1.82, 2.24) is 9.97 Å². The third kappa shape index (κ3) is 7.63. The molecule has 4 nitrogen and oxygen atoms in total. The van der Waals surface area contributed by atoms with Gasteiger partial charge in [-0.15, -0.1) is 0 Å². The van der Waals surface area contributed by atoms with E-state index in [2.05, 4.69) is 30.7 Å². The molecule has 0 bridgehead atoms. The molecule has 1 aromatic rings. The van der Waals surface area contributed by atoms with E-state index < -0.39 is 18.8 Å². The van der Waals surface area contributed by atoms with Crippen molar-refractivity contribution >= 4 is 48.1 Å². The van der Waals surface area contributed by atoms with Gasteiger partial charge in [0.2, 0.25) is 0 Å². The Kier molecular flexibility index (Phi) is 11.4. The summed E-state index contributed by atoms with van der Waals surface area (Å²) in [6.07, 6.45) is 10.2. The summed E-state index contributed by atoms with van der Waals surface area (Å²) in [4.78, 5) is 21.3. The van der Waals surface area contributed by atoms with E-state index in [4.69, 9.17) is 14.7 Å². The molecule has 0 unspecified atom stereocenters. The van der Waals surface area contributed by atoms with Crippen molar-refractivity contribution in [1.29, 1.82) is 0 Å². The number of nitrogens with zero attached hydrogens (tertiary/aromatic N) is 2. The first-order valence-electron chi connectivity index (χ1n) is 9.31. The van der Waals surface area contributed by atoms with Gasteiger partial charge < -0.3 is 0 Å². The van der Waals surface area contributed by atoms with Crippen LogP contribution in [0.5, 0.6) is 0 Å². The van der Waals surface area contributed by atoms with E-state index in [1.165, 1.54) is 18.0 Å². The summed E-state index contributed by atoms with van der Waals surface area (Å²) in [6, 6.07) is 0. The zero-order chi connectivity index (χ0) is 18.7. The standard InChI is InChI=1S/C6H5ClN2O2S.3C4H9.Sn/c1-12-6-8-2-3(7)4(9-6)5(10)11;3*1-3-4-2;/h2H,1H3,(H,10,11);3*1,3-4H2,2H3;/q;;;;+1/p-1.